The van der Waals surface area contributed by atoms with Gasteiger partial charge in [0.1, 0.15) is 28.9 Å². The summed E-state index contributed by atoms with van der Waals surface area (Å²) in [6, 6.07) is 13.1. The molecule has 0 bridgehead atoms. The highest BCUT2D eigenvalue weighted by atomic mass is 32.2. The van der Waals surface area contributed by atoms with Crippen LogP contribution in [0.4, 0.5) is 24.7 Å². The molecule has 2 atom stereocenters. The van der Waals surface area contributed by atoms with E-state index in [0.29, 0.717) is 40.2 Å². The number of nitrogens with one attached hydrogen (secondary N) is 1. The van der Waals surface area contributed by atoms with Crippen molar-refractivity contribution in [2.75, 3.05) is 58.3 Å². The Morgan fingerprint density at radius 2 is 1.82 bits per heavy atom. The fourth-order valence-corrected chi connectivity index (χ4v) is 7.93. The Labute approximate surface area is 317 Å². The first kappa shape index (κ1) is 39.5. The summed E-state index contributed by atoms with van der Waals surface area (Å²) in [5.74, 6) is -3.55. The normalized spacial score (nSPS) is 18.5. The molecule has 4 aromatic rings. The number of fused-ring (bicyclic) bond motifs is 1. The maximum absolute atomic E-state index is 14.5. The molecule has 1 fully saturated rings. The standard InChI is InChI=1S/C39H42F3N5O7S/c1-24-21-46(15-13-39(24,41)42)37-32(16-25-6-9-28(40)17-33(25)45-37)38(48)44-29-12-14-43-36(18-29)55(49,50)47(22-26-7-10-30(51-2)19-34(26)53-4)23-27-8-11-31(52-3)20-35(27)54-5/h6-12,14,16-19,24,31H,13,15,20-23H2,1-5H3,(H,43,44,48). The number of halogens is 3. The van der Waals surface area contributed by atoms with Gasteiger partial charge in [-0.3, -0.25) is 4.79 Å². The van der Waals surface area contributed by atoms with E-state index < -0.39 is 40.0 Å². The fourth-order valence-electron chi connectivity index (χ4n) is 6.58. The molecule has 0 spiro atoms. The molecule has 1 aliphatic heterocycles. The van der Waals surface area contributed by atoms with E-state index in [1.807, 2.05) is 6.08 Å². The minimum Gasteiger partial charge on any atom is -0.501 e. The molecule has 6 rings (SSSR count). The lowest BCUT2D eigenvalue weighted by Crippen LogP contribution is -2.46. The van der Waals surface area contributed by atoms with Crippen LogP contribution >= 0.6 is 0 Å². The van der Waals surface area contributed by atoms with Crippen molar-refractivity contribution in [1.29, 1.82) is 0 Å². The van der Waals surface area contributed by atoms with Crippen molar-refractivity contribution in [1.82, 2.24) is 14.3 Å². The number of alkyl halides is 2. The van der Waals surface area contributed by atoms with Gasteiger partial charge < -0.3 is 29.2 Å². The Balaban J connectivity index is 1.35. The molecule has 2 aliphatic rings. The zero-order valence-electron chi connectivity index (χ0n) is 31.0. The number of piperidine rings is 1. The predicted octanol–water partition coefficient (Wildman–Crippen LogP) is 6.59. The maximum atomic E-state index is 14.5. The van der Waals surface area contributed by atoms with Crippen LogP contribution in [0.15, 0.2) is 89.3 Å². The number of aromatic nitrogens is 2. The summed E-state index contributed by atoms with van der Waals surface area (Å²) in [6.45, 7) is 1.02. The van der Waals surface area contributed by atoms with Gasteiger partial charge in [0.2, 0.25) is 0 Å². The molecule has 1 N–H and O–H groups in total. The van der Waals surface area contributed by atoms with E-state index in [1.54, 1.807) is 36.3 Å². The van der Waals surface area contributed by atoms with E-state index in [2.05, 4.69) is 15.3 Å². The van der Waals surface area contributed by atoms with Crippen molar-refractivity contribution in [2.24, 2.45) is 5.92 Å². The van der Waals surface area contributed by atoms with Gasteiger partial charge >= 0.3 is 0 Å². The Morgan fingerprint density at radius 3 is 2.53 bits per heavy atom. The Morgan fingerprint density at radius 1 is 1.02 bits per heavy atom. The molecule has 55 heavy (non-hydrogen) atoms. The number of nitrogens with zero attached hydrogens (tertiary/aromatic N) is 4. The average molecular weight is 782 g/mol. The van der Waals surface area contributed by atoms with Crippen molar-refractivity contribution < 1.29 is 45.3 Å². The summed E-state index contributed by atoms with van der Waals surface area (Å²) in [4.78, 5) is 24.3. The smallest absolute Gasteiger partial charge is 0.261 e. The summed E-state index contributed by atoms with van der Waals surface area (Å²) in [6.07, 6.45) is 4.56. The van der Waals surface area contributed by atoms with Crippen LogP contribution in [0.2, 0.25) is 0 Å². The van der Waals surface area contributed by atoms with Gasteiger partial charge in [0, 0.05) is 98.7 Å². The first-order valence-electron chi connectivity index (χ1n) is 17.4. The molecule has 3 heterocycles. The number of pyridine rings is 2. The van der Waals surface area contributed by atoms with E-state index in [0.717, 1.165) is 0 Å². The number of carbonyl (C=O) groups excluding carboxylic acids is 1. The fraction of sp³-hybridized carbons (Fsp3) is 0.359. The van der Waals surface area contributed by atoms with E-state index in [9.17, 15) is 26.4 Å². The quantitative estimate of drug-likeness (QED) is 0.159. The lowest BCUT2D eigenvalue weighted by molar-refractivity contribution is -0.0652. The monoisotopic (exact) mass is 781 g/mol. The Kier molecular flexibility index (Phi) is 11.7. The second kappa shape index (κ2) is 16.3. The van der Waals surface area contributed by atoms with Crippen molar-refractivity contribution in [3.63, 3.8) is 0 Å². The van der Waals surface area contributed by atoms with Gasteiger partial charge in [-0.1, -0.05) is 25.1 Å². The number of rotatable bonds is 13. The molecule has 1 aliphatic carbocycles. The zero-order valence-corrected chi connectivity index (χ0v) is 31.8. The van der Waals surface area contributed by atoms with Gasteiger partial charge in [-0.2, -0.15) is 4.31 Å². The third kappa shape index (κ3) is 8.56. The van der Waals surface area contributed by atoms with Crippen molar-refractivity contribution in [3.05, 3.63) is 101 Å². The van der Waals surface area contributed by atoms with Gasteiger partial charge in [0.15, 0.2) is 5.03 Å². The number of sulfonamides is 1. The summed E-state index contributed by atoms with van der Waals surface area (Å²) >= 11 is 0. The van der Waals surface area contributed by atoms with Crippen LogP contribution in [0.1, 0.15) is 35.7 Å². The Hall–Kier alpha value is -5.19. The number of amides is 1. The molecule has 16 heteroatoms. The van der Waals surface area contributed by atoms with Gasteiger partial charge in [0.25, 0.3) is 21.9 Å². The molecular weight excluding hydrogens is 740 g/mol. The van der Waals surface area contributed by atoms with E-state index in [1.165, 1.54) is 75.2 Å². The van der Waals surface area contributed by atoms with Crippen LogP contribution in [0.3, 0.4) is 0 Å². The van der Waals surface area contributed by atoms with Gasteiger partial charge in [-0.25, -0.2) is 31.6 Å². The highest BCUT2D eigenvalue weighted by Crippen LogP contribution is 2.37. The number of hydrogen-bond acceptors (Lipinski definition) is 10. The van der Waals surface area contributed by atoms with Crippen LogP contribution in [-0.4, -0.2) is 88.7 Å². The molecule has 1 amide bonds. The molecule has 1 saturated heterocycles. The van der Waals surface area contributed by atoms with E-state index >= 15 is 0 Å². The minimum absolute atomic E-state index is 0.0449. The first-order chi connectivity index (χ1) is 26.3. The molecule has 12 nitrogen and oxygen atoms in total. The highest BCUT2D eigenvalue weighted by Gasteiger charge is 2.42. The van der Waals surface area contributed by atoms with Crippen LogP contribution < -0.4 is 19.7 Å². The highest BCUT2D eigenvalue weighted by molar-refractivity contribution is 7.89. The number of carbonyl (C=O) groups is 1. The second-order valence-electron chi connectivity index (χ2n) is 13.3. The Bertz CT molecular complexity index is 2250. The van der Waals surface area contributed by atoms with Gasteiger partial charge in [-0.15, -0.1) is 0 Å². The first-order valence-corrected chi connectivity index (χ1v) is 18.9. The summed E-state index contributed by atoms with van der Waals surface area (Å²) < 4.78 is 95.4. The number of benzene rings is 2. The summed E-state index contributed by atoms with van der Waals surface area (Å²) in [5, 5.41) is 2.84. The molecular formula is C39H42F3N5O7S. The lowest BCUT2D eigenvalue weighted by atomic mass is 9.95. The average Bonchev–Trinajstić information content (AvgIpc) is 3.18. The molecule has 292 valence electrons. The predicted molar refractivity (Wildman–Crippen MR) is 201 cm³/mol. The third-order valence-corrected chi connectivity index (χ3v) is 11.5. The van der Waals surface area contributed by atoms with Gasteiger partial charge in [-0.05, 0) is 30.3 Å². The number of hydrogen-bond donors (Lipinski definition) is 1. The molecule has 2 unspecified atom stereocenters. The zero-order chi connectivity index (χ0) is 39.5. The number of ether oxygens (including phenoxy) is 4. The second-order valence-corrected chi connectivity index (χ2v) is 15.2. The van der Waals surface area contributed by atoms with Crippen molar-refractivity contribution in [2.45, 2.75) is 43.4 Å². The van der Waals surface area contributed by atoms with Crippen molar-refractivity contribution in [3.8, 4) is 11.5 Å². The van der Waals surface area contributed by atoms with Crippen LogP contribution in [0.5, 0.6) is 11.5 Å². The topological polar surface area (TPSA) is 132 Å². The van der Waals surface area contributed by atoms with Crippen LogP contribution in [0, 0.1) is 11.7 Å². The number of anilines is 2. The van der Waals surface area contributed by atoms with Crippen molar-refractivity contribution >= 4 is 38.3 Å². The SMILES string of the molecule is COC1=C(CN(Cc2ccc(OC)cc2OC)S(=O)(=O)c2cc(NC(=O)c3cc4ccc(F)cc4nc3N3CCC(F)(F)C(C)C3)ccn2)C=CC(OC)C1. The largest absolute Gasteiger partial charge is 0.501 e. The number of methoxy groups -OCH3 is 4. The summed E-state index contributed by atoms with van der Waals surface area (Å²) in [7, 11) is 1.68. The maximum Gasteiger partial charge on any atom is 0.261 e. The molecule has 0 radical (unpaired) electrons. The third-order valence-electron chi connectivity index (χ3n) is 9.82. The molecule has 2 aromatic heterocycles. The van der Waals surface area contributed by atoms with Crippen LogP contribution in [0.25, 0.3) is 10.9 Å². The van der Waals surface area contributed by atoms with E-state index in [4.69, 9.17) is 18.9 Å². The van der Waals surface area contributed by atoms with Crippen LogP contribution in [-0.2, 0) is 26.0 Å². The summed E-state index contributed by atoms with van der Waals surface area (Å²) in [5.41, 5.74) is 1.55. The van der Waals surface area contributed by atoms with E-state index in [-0.39, 0.29) is 59.9 Å². The van der Waals surface area contributed by atoms with Gasteiger partial charge in [0.05, 0.1) is 38.5 Å². The minimum atomic E-state index is -4.39. The molecule has 0 saturated carbocycles. The lowest BCUT2D eigenvalue weighted by Gasteiger charge is -2.38. The molecule has 2 aromatic carbocycles.